The monoisotopic (exact) mass is 284 g/mol. The van der Waals surface area contributed by atoms with Gasteiger partial charge in [-0.1, -0.05) is 44.2 Å². The van der Waals surface area contributed by atoms with E-state index in [-0.39, 0.29) is 12.1 Å². The van der Waals surface area contributed by atoms with Crippen molar-refractivity contribution in [2.45, 2.75) is 39.2 Å². The summed E-state index contributed by atoms with van der Waals surface area (Å²) in [4.78, 5) is 20.5. The molecule has 110 valence electrons. The van der Waals surface area contributed by atoms with Gasteiger partial charge in [0.15, 0.2) is 0 Å². The van der Waals surface area contributed by atoms with Gasteiger partial charge >= 0.3 is 5.97 Å². The Balaban J connectivity index is 2.05. The number of aromatic nitrogens is 2. The molecule has 0 spiro atoms. The molecule has 0 radical (unpaired) electrons. The number of ether oxygens (including phenoxy) is 1. The van der Waals surface area contributed by atoms with Gasteiger partial charge in [0.2, 0.25) is 0 Å². The Morgan fingerprint density at radius 1 is 1.14 bits per heavy atom. The van der Waals surface area contributed by atoms with Crippen LogP contribution in [0.1, 0.15) is 54.5 Å². The summed E-state index contributed by atoms with van der Waals surface area (Å²) in [5, 5.41) is 0. The molecule has 1 aromatic heterocycles. The number of esters is 1. The lowest BCUT2D eigenvalue weighted by molar-refractivity contribution is 0.0287. The highest BCUT2D eigenvalue weighted by atomic mass is 16.5. The lowest BCUT2D eigenvalue weighted by Crippen LogP contribution is -2.12. The average Bonchev–Trinajstić information content (AvgIpc) is 2.54. The van der Waals surface area contributed by atoms with E-state index in [1.54, 1.807) is 0 Å². The van der Waals surface area contributed by atoms with Crippen LogP contribution < -0.4 is 0 Å². The number of nitrogens with zero attached hydrogens (tertiary/aromatic N) is 2. The van der Waals surface area contributed by atoms with Crippen LogP contribution >= 0.6 is 0 Å². The summed E-state index contributed by atoms with van der Waals surface area (Å²) in [6.45, 7) is 4.06. The molecule has 1 heterocycles. The largest absolute Gasteiger partial charge is 0.454 e. The number of hydrogen-bond donors (Lipinski definition) is 0. The van der Waals surface area contributed by atoms with Gasteiger partial charge in [-0.15, -0.1) is 0 Å². The molecule has 0 aliphatic heterocycles. The van der Waals surface area contributed by atoms with Crippen LogP contribution in [-0.4, -0.2) is 15.9 Å². The first-order chi connectivity index (χ1) is 10.2. The second-order valence-corrected chi connectivity index (χ2v) is 4.85. The van der Waals surface area contributed by atoms with Gasteiger partial charge in [-0.05, 0) is 18.4 Å². The molecule has 0 amide bonds. The Hall–Kier alpha value is -2.23. The van der Waals surface area contributed by atoms with E-state index in [0.717, 1.165) is 30.7 Å². The molecule has 4 nitrogen and oxygen atoms in total. The molecule has 0 aliphatic carbocycles. The smallest absolute Gasteiger partial charge is 0.341 e. The molecule has 0 saturated carbocycles. The number of rotatable bonds is 6. The van der Waals surface area contributed by atoms with Crippen LogP contribution in [-0.2, 0) is 11.2 Å². The molecule has 1 unspecified atom stereocenters. The number of hydrogen-bond acceptors (Lipinski definition) is 4. The van der Waals surface area contributed by atoms with E-state index in [4.69, 9.17) is 4.74 Å². The zero-order chi connectivity index (χ0) is 15.1. The van der Waals surface area contributed by atoms with Gasteiger partial charge in [0.05, 0.1) is 5.56 Å². The standard InChI is InChI=1S/C17H20N2O2/c1-3-8-16-18-11-14(12-19-16)17(20)21-15(4-2)13-9-6-5-7-10-13/h5-7,9-12,15H,3-4,8H2,1-2H3. The van der Waals surface area contributed by atoms with Gasteiger partial charge < -0.3 is 4.74 Å². The molecule has 0 N–H and O–H groups in total. The van der Waals surface area contributed by atoms with E-state index in [2.05, 4.69) is 16.9 Å². The van der Waals surface area contributed by atoms with Crippen molar-refractivity contribution in [1.29, 1.82) is 0 Å². The summed E-state index contributed by atoms with van der Waals surface area (Å²) >= 11 is 0. The van der Waals surface area contributed by atoms with Crippen molar-refractivity contribution >= 4 is 5.97 Å². The Morgan fingerprint density at radius 2 is 1.81 bits per heavy atom. The molecule has 1 aromatic carbocycles. The van der Waals surface area contributed by atoms with Gasteiger partial charge in [-0.3, -0.25) is 0 Å². The summed E-state index contributed by atoms with van der Waals surface area (Å²) < 4.78 is 5.55. The van der Waals surface area contributed by atoms with E-state index in [1.165, 1.54) is 12.4 Å². The molecule has 2 rings (SSSR count). The van der Waals surface area contributed by atoms with Crippen molar-refractivity contribution in [3.05, 3.63) is 59.7 Å². The highest BCUT2D eigenvalue weighted by molar-refractivity contribution is 5.88. The highest BCUT2D eigenvalue weighted by Crippen LogP contribution is 2.21. The minimum atomic E-state index is -0.381. The zero-order valence-corrected chi connectivity index (χ0v) is 12.5. The van der Waals surface area contributed by atoms with Gasteiger partial charge in [0, 0.05) is 18.8 Å². The third-order valence-electron chi connectivity index (χ3n) is 3.21. The Morgan fingerprint density at radius 3 is 2.38 bits per heavy atom. The lowest BCUT2D eigenvalue weighted by Gasteiger charge is -2.16. The van der Waals surface area contributed by atoms with Crippen molar-refractivity contribution < 1.29 is 9.53 Å². The molecule has 0 aliphatic rings. The lowest BCUT2D eigenvalue weighted by atomic mass is 10.1. The minimum Gasteiger partial charge on any atom is -0.454 e. The summed E-state index contributed by atoms with van der Waals surface area (Å²) in [6.07, 6.45) is 5.36. The fourth-order valence-corrected chi connectivity index (χ4v) is 2.06. The minimum absolute atomic E-state index is 0.242. The Labute approximate surface area is 125 Å². The molecule has 21 heavy (non-hydrogen) atoms. The van der Waals surface area contributed by atoms with Crippen molar-refractivity contribution in [3.63, 3.8) is 0 Å². The molecule has 0 saturated heterocycles. The maximum absolute atomic E-state index is 12.2. The maximum Gasteiger partial charge on any atom is 0.341 e. The van der Waals surface area contributed by atoms with Crippen LogP contribution in [0.2, 0.25) is 0 Å². The molecular weight excluding hydrogens is 264 g/mol. The zero-order valence-electron chi connectivity index (χ0n) is 12.5. The first kappa shape index (κ1) is 15.2. The third kappa shape index (κ3) is 4.12. The predicted molar refractivity (Wildman–Crippen MR) is 80.9 cm³/mol. The predicted octanol–water partition coefficient (Wildman–Crippen LogP) is 3.74. The number of benzene rings is 1. The van der Waals surface area contributed by atoms with E-state index in [0.29, 0.717) is 5.56 Å². The number of aryl methyl sites for hydroxylation is 1. The number of carbonyl (C=O) groups is 1. The Kier molecular flexibility index (Phi) is 5.43. The van der Waals surface area contributed by atoms with Crippen molar-refractivity contribution in [2.24, 2.45) is 0 Å². The van der Waals surface area contributed by atoms with Crippen LogP contribution in [0.15, 0.2) is 42.7 Å². The Bertz CT molecular complexity index is 567. The third-order valence-corrected chi connectivity index (χ3v) is 3.21. The fourth-order valence-electron chi connectivity index (χ4n) is 2.06. The van der Waals surface area contributed by atoms with Gasteiger partial charge in [-0.2, -0.15) is 0 Å². The topological polar surface area (TPSA) is 52.1 Å². The first-order valence-corrected chi connectivity index (χ1v) is 7.31. The molecule has 0 bridgehead atoms. The molecule has 4 heteroatoms. The van der Waals surface area contributed by atoms with E-state index >= 15 is 0 Å². The van der Waals surface area contributed by atoms with Gasteiger partial charge in [0.1, 0.15) is 11.9 Å². The fraction of sp³-hybridized carbons (Fsp3) is 0.353. The summed E-state index contributed by atoms with van der Waals surface area (Å²) in [5.41, 5.74) is 1.39. The maximum atomic E-state index is 12.2. The number of carbonyl (C=O) groups excluding carboxylic acids is 1. The van der Waals surface area contributed by atoms with Crippen molar-refractivity contribution in [1.82, 2.24) is 9.97 Å². The molecule has 1 atom stereocenters. The van der Waals surface area contributed by atoms with E-state index in [1.807, 2.05) is 37.3 Å². The summed E-state index contributed by atoms with van der Waals surface area (Å²) in [6, 6.07) is 9.74. The summed E-state index contributed by atoms with van der Waals surface area (Å²) in [7, 11) is 0. The molecule has 0 fully saturated rings. The summed E-state index contributed by atoms with van der Waals surface area (Å²) in [5.74, 6) is 0.373. The van der Waals surface area contributed by atoms with Crippen LogP contribution in [0.3, 0.4) is 0 Å². The normalized spacial score (nSPS) is 11.9. The van der Waals surface area contributed by atoms with Crippen LogP contribution in [0.5, 0.6) is 0 Å². The quantitative estimate of drug-likeness (QED) is 0.758. The highest BCUT2D eigenvalue weighted by Gasteiger charge is 2.16. The van der Waals surface area contributed by atoms with Crippen LogP contribution in [0.25, 0.3) is 0 Å². The van der Waals surface area contributed by atoms with E-state index in [9.17, 15) is 4.79 Å². The van der Waals surface area contributed by atoms with Crippen molar-refractivity contribution in [2.75, 3.05) is 0 Å². The average molecular weight is 284 g/mol. The van der Waals surface area contributed by atoms with Crippen LogP contribution in [0.4, 0.5) is 0 Å². The van der Waals surface area contributed by atoms with E-state index < -0.39 is 0 Å². The van der Waals surface area contributed by atoms with Crippen molar-refractivity contribution in [3.8, 4) is 0 Å². The van der Waals surface area contributed by atoms with Crippen LogP contribution in [0, 0.1) is 0 Å². The second kappa shape index (κ2) is 7.53. The molecular formula is C17H20N2O2. The SMILES string of the molecule is CCCc1ncc(C(=O)OC(CC)c2ccccc2)cn1. The van der Waals surface area contributed by atoms with Gasteiger partial charge in [0.25, 0.3) is 0 Å². The second-order valence-electron chi connectivity index (χ2n) is 4.85. The first-order valence-electron chi connectivity index (χ1n) is 7.31. The molecule has 2 aromatic rings. The van der Waals surface area contributed by atoms with Gasteiger partial charge in [-0.25, -0.2) is 14.8 Å².